The lowest BCUT2D eigenvalue weighted by Gasteiger charge is -1.98. The van der Waals surface area contributed by atoms with Crippen molar-refractivity contribution in [2.24, 2.45) is 0 Å². The second kappa shape index (κ2) is 4.31. The van der Waals surface area contributed by atoms with Crippen molar-refractivity contribution < 1.29 is 13.5 Å². The molecule has 0 bridgehead atoms. The molecule has 3 rings (SSSR count). The summed E-state index contributed by atoms with van der Waals surface area (Å²) < 4.78 is 23.0. The summed E-state index contributed by atoms with van der Waals surface area (Å²) in [6, 6.07) is 6.29. The number of sulfone groups is 1. The summed E-state index contributed by atoms with van der Waals surface area (Å²) in [5, 5.41) is 9.75. The number of aromatic hydroxyl groups is 1. The molecule has 7 heteroatoms. The predicted molar refractivity (Wildman–Crippen MR) is 74.1 cm³/mol. The van der Waals surface area contributed by atoms with E-state index in [9.17, 15) is 13.5 Å². The van der Waals surface area contributed by atoms with E-state index in [1.54, 1.807) is 18.3 Å². The van der Waals surface area contributed by atoms with Crippen molar-refractivity contribution in [1.82, 2.24) is 15.0 Å². The monoisotopic (exact) mass is 289 g/mol. The molecule has 3 aromatic rings. The van der Waals surface area contributed by atoms with Gasteiger partial charge in [0.25, 0.3) is 0 Å². The molecule has 2 heterocycles. The molecule has 0 spiro atoms. The van der Waals surface area contributed by atoms with Crippen molar-refractivity contribution in [3.8, 4) is 17.1 Å². The van der Waals surface area contributed by atoms with Crippen LogP contribution in [0.1, 0.15) is 0 Å². The first-order chi connectivity index (χ1) is 9.45. The van der Waals surface area contributed by atoms with Gasteiger partial charge in [0.15, 0.2) is 9.84 Å². The highest BCUT2D eigenvalue weighted by atomic mass is 32.2. The van der Waals surface area contributed by atoms with Crippen molar-refractivity contribution in [3.63, 3.8) is 0 Å². The highest BCUT2D eigenvalue weighted by Gasteiger charge is 2.12. The van der Waals surface area contributed by atoms with Gasteiger partial charge in [-0.2, -0.15) is 0 Å². The first kappa shape index (κ1) is 12.6. The summed E-state index contributed by atoms with van der Waals surface area (Å²) in [5.41, 5.74) is 1.74. The lowest BCUT2D eigenvalue weighted by atomic mass is 10.2. The zero-order chi connectivity index (χ0) is 14.3. The minimum Gasteiger partial charge on any atom is -0.506 e. The third kappa shape index (κ3) is 2.12. The first-order valence-corrected chi connectivity index (χ1v) is 7.67. The number of nitrogens with one attached hydrogen (secondary N) is 1. The summed E-state index contributed by atoms with van der Waals surface area (Å²) in [7, 11) is -3.26. The molecule has 0 aliphatic rings. The number of nitrogens with zero attached hydrogens (tertiary/aromatic N) is 2. The predicted octanol–water partition coefficient (Wildman–Crippen LogP) is 1.73. The Balaban J connectivity index is 2.19. The van der Waals surface area contributed by atoms with Gasteiger partial charge >= 0.3 is 0 Å². The Morgan fingerprint density at radius 3 is 2.75 bits per heavy atom. The molecule has 20 heavy (non-hydrogen) atoms. The van der Waals surface area contributed by atoms with Crippen molar-refractivity contribution in [2.75, 3.05) is 6.26 Å². The van der Waals surface area contributed by atoms with E-state index in [0.29, 0.717) is 22.4 Å². The Morgan fingerprint density at radius 2 is 2.05 bits per heavy atom. The fourth-order valence-corrected chi connectivity index (χ4v) is 2.58. The van der Waals surface area contributed by atoms with Crippen LogP contribution < -0.4 is 0 Å². The van der Waals surface area contributed by atoms with E-state index in [-0.39, 0.29) is 10.6 Å². The van der Waals surface area contributed by atoms with Gasteiger partial charge in [-0.05, 0) is 24.3 Å². The highest BCUT2D eigenvalue weighted by molar-refractivity contribution is 7.90. The molecule has 102 valence electrons. The van der Waals surface area contributed by atoms with Gasteiger partial charge in [-0.15, -0.1) is 0 Å². The van der Waals surface area contributed by atoms with Gasteiger partial charge < -0.3 is 10.1 Å². The topological polar surface area (TPSA) is 95.9 Å². The molecule has 2 N–H and O–H groups in total. The fourth-order valence-electron chi connectivity index (χ4n) is 1.93. The standard InChI is InChI=1S/C13H11N3O3S/c1-20(18,19)8-2-3-10-11(6-8)16-13(15-10)9-4-5-14-7-12(9)17/h2-7,17H,1H3,(H,15,16). The molecule has 2 aromatic heterocycles. The van der Waals surface area contributed by atoms with Gasteiger partial charge in [-0.3, -0.25) is 4.98 Å². The van der Waals surface area contributed by atoms with Gasteiger partial charge in [0.1, 0.15) is 11.6 Å². The van der Waals surface area contributed by atoms with Crippen LogP contribution >= 0.6 is 0 Å². The fraction of sp³-hybridized carbons (Fsp3) is 0.0769. The number of benzene rings is 1. The molecular formula is C13H11N3O3S. The van der Waals surface area contributed by atoms with E-state index in [1.807, 2.05) is 0 Å². The van der Waals surface area contributed by atoms with Crippen LogP contribution in [0.4, 0.5) is 0 Å². The maximum atomic E-state index is 11.5. The summed E-state index contributed by atoms with van der Waals surface area (Å²) >= 11 is 0. The number of H-pyrrole nitrogens is 1. The van der Waals surface area contributed by atoms with Crippen LogP contribution in [0, 0.1) is 0 Å². The van der Waals surface area contributed by atoms with Crippen LogP contribution in [0.5, 0.6) is 5.75 Å². The summed E-state index contributed by atoms with van der Waals surface area (Å²) in [6.45, 7) is 0. The SMILES string of the molecule is CS(=O)(=O)c1ccc2nc(-c3ccncc3O)[nH]c2c1. The van der Waals surface area contributed by atoms with Crippen LogP contribution in [-0.4, -0.2) is 34.7 Å². The molecule has 0 aliphatic carbocycles. The Morgan fingerprint density at radius 1 is 1.25 bits per heavy atom. The van der Waals surface area contributed by atoms with Crippen molar-refractivity contribution in [2.45, 2.75) is 4.90 Å². The van der Waals surface area contributed by atoms with Crippen LogP contribution in [0.2, 0.25) is 0 Å². The summed E-state index contributed by atoms with van der Waals surface area (Å²) in [4.78, 5) is 11.4. The maximum absolute atomic E-state index is 11.5. The number of hydrogen-bond acceptors (Lipinski definition) is 5. The lowest BCUT2D eigenvalue weighted by molar-refractivity contribution is 0.474. The number of aromatic nitrogens is 3. The Hall–Kier alpha value is -2.41. The largest absolute Gasteiger partial charge is 0.506 e. The number of imidazole rings is 1. The minimum absolute atomic E-state index is 0.00916. The molecule has 0 fully saturated rings. The zero-order valence-corrected chi connectivity index (χ0v) is 11.3. The third-order valence-corrected chi connectivity index (χ3v) is 4.05. The number of hydrogen-bond donors (Lipinski definition) is 2. The van der Waals surface area contributed by atoms with E-state index in [2.05, 4.69) is 15.0 Å². The third-order valence-electron chi connectivity index (χ3n) is 2.94. The van der Waals surface area contributed by atoms with E-state index in [0.717, 1.165) is 6.26 Å². The van der Waals surface area contributed by atoms with Crippen molar-refractivity contribution in [1.29, 1.82) is 0 Å². The number of pyridine rings is 1. The normalized spacial score (nSPS) is 11.8. The minimum atomic E-state index is -3.26. The summed E-state index contributed by atoms with van der Waals surface area (Å²) in [5.74, 6) is 0.473. The average molecular weight is 289 g/mol. The van der Waals surface area contributed by atoms with Gasteiger partial charge in [-0.1, -0.05) is 0 Å². The van der Waals surface area contributed by atoms with E-state index in [1.165, 1.54) is 18.3 Å². The molecule has 6 nitrogen and oxygen atoms in total. The lowest BCUT2D eigenvalue weighted by Crippen LogP contribution is -1.96. The smallest absolute Gasteiger partial charge is 0.175 e. The molecule has 0 unspecified atom stereocenters. The van der Waals surface area contributed by atoms with Crippen LogP contribution in [0.3, 0.4) is 0 Å². The van der Waals surface area contributed by atoms with E-state index >= 15 is 0 Å². The Bertz CT molecular complexity index is 900. The highest BCUT2D eigenvalue weighted by Crippen LogP contribution is 2.28. The molecule has 0 aliphatic heterocycles. The maximum Gasteiger partial charge on any atom is 0.175 e. The second-order valence-electron chi connectivity index (χ2n) is 4.43. The number of aromatic amines is 1. The first-order valence-electron chi connectivity index (χ1n) is 5.78. The Kier molecular flexibility index (Phi) is 2.72. The summed E-state index contributed by atoms with van der Waals surface area (Å²) in [6.07, 6.45) is 4.02. The molecule has 0 saturated carbocycles. The van der Waals surface area contributed by atoms with Gasteiger partial charge in [0.2, 0.25) is 0 Å². The van der Waals surface area contributed by atoms with E-state index in [4.69, 9.17) is 0 Å². The van der Waals surface area contributed by atoms with Crippen molar-refractivity contribution >= 4 is 20.9 Å². The number of fused-ring (bicyclic) bond motifs is 1. The van der Waals surface area contributed by atoms with Gasteiger partial charge in [0, 0.05) is 12.5 Å². The molecule has 0 atom stereocenters. The van der Waals surface area contributed by atoms with Crippen LogP contribution in [0.15, 0.2) is 41.6 Å². The van der Waals surface area contributed by atoms with Crippen molar-refractivity contribution in [3.05, 3.63) is 36.7 Å². The van der Waals surface area contributed by atoms with Crippen LogP contribution in [-0.2, 0) is 9.84 Å². The van der Waals surface area contributed by atoms with E-state index < -0.39 is 9.84 Å². The van der Waals surface area contributed by atoms with Gasteiger partial charge in [-0.25, -0.2) is 13.4 Å². The molecule has 0 amide bonds. The molecule has 0 radical (unpaired) electrons. The molecule has 1 aromatic carbocycles. The van der Waals surface area contributed by atoms with Gasteiger partial charge in [0.05, 0.1) is 27.7 Å². The average Bonchev–Trinajstić information content (AvgIpc) is 2.80. The number of rotatable bonds is 2. The molecule has 0 saturated heterocycles. The zero-order valence-electron chi connectivity index (χ0n) is 10.5. The second-order valence-corrected chi connectivity index (χ2v) is 6.45. The molecular weight excluding hydrogens is 278 g/mol. The Labute approximate surface area is 115 Å². The van der Waals surface area contributed by atoms with Crippen LogP contribution in [0.25, 0.3) is 22.4 Å². The quantitative estimate of drug-likeness (QED) is 0.749.